The van der Waals surface area contributed by atoms with Gasteiger partial charge in [-0.05, 0) is 24.3 Å². The summed E-state index contributed by atoms with van der Waals surface area (Å²) in [4.78, 5) is 29.5. The number of Topliss-reactive ketones (excluding diaryl/α,β-unsaturated/α-hetero) is 1. The Morgan fingerprint density at radius 1 is 1.16 bits per heavy atom. The molecule has 1 N–H and O–H groups in total. The fraction of sp³-hybridized carbons (Fsp3) is 0.214. The highest BCUT2D eigenvalue weighted by Gasteiger charge is 2.25. The van der Waals surface area contributed by atoms with Crippen molar-refractivity contribution in [3.05, 3.63) is 36.0 Å². The number of aromatic hydroxyl groups is 1. The third-order valence-corrected chi connectivity index (χ3v) is 2.76. The number of aliphatic imine (C=N–C) groups is 1. The van der Waals surface area contributed by atoms with Gasteiger partial charge in [0.05, 0.1) is 23.5 Å². The van der Waals surface area contributed by atoms with Crippen molar-refractivity contribution in [3.8, 4) is 5.75 Å². The van der Waals surface area contributed by atoms with E-state index in [2.05, 4.69) is 4.99 Å². The monoisotopic (exact) mass is 258 g/mol. The van der Waals surface area contributed by atoms with Gasteiger partial charge in [-0.25, -0.2) is 4.99 Å². The zero-order valence-electron chi connectivity index (χ0n) is 10.8. The molecule has 0 saturated heterocycles. The molecule has 0 heterocycles. The van der Waals surface area contributed by atoms with E-state index < -0.39 is 0 Å². The van der Waals surface area contributed by atoms with Gasteiger partial charge >= 0.3 is 0 Å². The molecule has 1 aromatic carbocycles. The molecule has 1 aliphatic rings. The van der Waals surface area contributed by atoms with Gasteiger partial charge < -0.3 is 10.0 Å². The number of phenols is 1. The van der Waals surface area contributed by atoms with Crippen LogP contribution in [0.25, 0.3) is 0 Å². The van der Waals surface area contributed by atoms with E-state index in [1.807, 2.05) is 0 Å². The van der Waals surface area contributed by atoms with Crippen LogP contribution < -0.4 is 0 Å². The lowest BCUT2D eigenvalue weighted by Crippen LogP contribution is -2.30. The molecule has 0 atom stereocenters. The number of likely N-dealkylation sites (N-methyl/N-ethyl adjacent to an activating group) is 1. The minimum Gasteiger partial charge on any atom is -0.508 e. The molecule has 0 amide bonds. The third-order valence-electron chi connectivity index (χ3n) is 2.76. The summed E-state index contributed by atoms with van der Waals surface area (Å²) in [7, 11) is 3.44. The number of ketones is 2. The van der Waals surface area contributed by atoms with Gasteiger partial charge in [-0.15, -0.1) is 0 Å². The average molecular weight is 258 g/mol. The Bertz CT molecular complexity index is 583. The number of hydrogen-bond donors (Lipinski definition) is 1. The van der Waals surface area contributed by atoms with Crippen molar-refractivity contribution in [3.63, 3.8) is 0 Å². The maximum absolute atomic E-state index is 11.9. The maximum atomic E-state index is 11.9. The van der Waals surface area contributed by atoms with E-state index in [0.717, 1.165) is 0 Å². The van der Waals surface area contributed by atoms with E-state index in [4.69, 9.17) is 5.11 Å². The molecule has 0 radical (unpaired) electrons. The number of rotatable bonds is 2. The van der Waals surface area contributed by atoms with Crippen molar-refractivity contribution in [1.82, 2.24) is 4.90 Å². The number of allylic oxidation sites excluding steroid dienone is 2. The highest BCUT2D eigenvalue weighted by atomic mass is 16.3. The number of nitrogens with zero attached hydrogens (tertiary/aromatic N) is 2. The fourth-order valence-electron chi connectivity index (χ4n) is 1.77. The summed E-state index contributed by atoms with van der Waals surface area (Å²) < 4.78 is 0. The lowest BCUT2D eigenvalue weighted by molar-refractivity contribution is -0.118. The van der Waals surface area contributed by atoms with Gasteiger partial charge in [0, 0.05) is 20.2 Å². The van der Waals surface area contributed by atoms with E-state index in [1.54, 1.807) is 31.1 Å². The van der Waals surface area contributed by atoms with Crippen LogP contribution in [0, 0.1) is 0 Å². The second-order valence-corrected chi connectivity index (χ2v) is 4.46. The van der Waals surface area contributed by atoms with Crippen molar-refractivity contribution >= 4 is 23.0 Å². The van der Waals surface area contributed by atoms with Crippen LogP contribution in [0.2, 0.25) is 0 Å². The topological polar surface area (TPSA) is 70.0 Å². The van der Waals surface area contributed by atoms with Crippen LogP contribution in [0.1, 0.15) is 6.42 Å². The molecule has 0 aliphatic heterocycles. The molecule has 0 aromatic heterocycles. The van der Waals surface area contributed by atoms with Gasteiger partial charge in [0.2, 0.25) is 5.78 Å². The largest absolute Gasteiger partial charge is 0.508 e. The van der Waals surface area contributed by atoms with Crippen LogP contribution in [-0.4, -0.2) is 41.4 Å². The Hall–Kier alpha value is -2.43. The minimum absolute atomic E-state index is 0.00369. The zero-order valence-corrected chi connectivity index (χ0v) is 10.8. The van der Waals surface area contributed by atoms with Crippen LogP contribution >= 0.6 is 0 Å². The molecule has 0 unspecified atom stereocenters. The summed E-state index contributed by atoms with van der Waals surface area (Å²) in [6, 6.07) is 6.14. The van der Waals surface area contributed by atoms with Crippen LogP contribution in [-0.2, 0) is 9.59 Å². The third kappa shape index (κ3) is 2.88. The molecular formula is C14H14N2O3. The number of hydrogen-bond acceptors (Lipinski definition) is 5. The Labute approximate surface area is 110 Å². The van der Waals surface area contributed by atoms with Crippen molar-refractivity contribution in [2.45, 2.75) is 6.42 Å². The first-order chi connectivity index (χ1) is 8.97. The molecule has 5 nitrogen and oxygen atoms in total. The normalized spacial score (nSPS) is 17.6. The van der Waals surface area contributed by atoms with Crippen molar-refractivity contribution in [1.29, 1.82) is 0 Å². The molecular weight excluding hydrogens is 244 g/mol. The summed E-state index contributed by atoms with van der Waals surface area (Å²) in [5.41, 5.74) is 1.16. The Morgan fingerprint density at radius 2 is 1.79 bits per heavy atom. The van der Waals surface area contributed by atoms with Gasteiger partial charge in [0.1, 0.15) is 5.75 Å². The molecule has 1 aliphatic carbocycles. The molecule has 98 valence electrons. The standard InChI is InChI=1S/C14H14N2O3/c1-16(2)12-8-13(18)11(7-14(12)19)15-9-3-5-10(17)6-4-9/h3-6,8,17H,7H2,1-2H3. The van der Waals surface area contributed by atoms with Crippen LogP contribution in [0.3, 0.4) is 0 Å². The van der Waals surface area contributed by atoms with Gasteiger partial charge in [0.25, 0.3) is 0 Å². The highest BCUT2D eigenvalue weighted by Crippen LogP contribution is 2.20. The van der Waals surface area contributed by atoms with Crippen molar-refractivity contribution in [2.75, 3.05) is 14.1 Å². The lowest BCUT2D eigenvalue weighted by atomic mass is 9.99. The number of benzene rings is 1. The minimum atomic E-state index is -0.253. The van der Waals surface area contributed by atoms with Crippen LogP contribution in [0.4, 0.5) is 5.69 Å². The van der Waals surface area contributed by atoms with E-state index in [9.17, 15) is 9.59 Å². The maximum Gasteiger partial charge on any atom is 0.202 e. The first kappa shape index (κ1) is 13.0. The first-order valence-electron chi connectivity index (χ1n) is 5.80. The number of carbonyl (C=O) groups excluding carboxylic acids is 2. The molecule has 0 spiro atoms. The summed E-state index contributed by atoms with van der Waals surface area (Å²) in [6.45, 7) is 0. The SMILES string of the molecule is CN(C)C1=CC(=O)C(=Nc2ccc(O)cc2)CC1=O. The molecule has 0 fully saturated rings. The molecule has 1 aromatic rings. The van der Waals surface area contributed by atoms with E-state index in [1.165, 1.54) is 18.2 Å². The van der Waals surface area contributed by atoms with E-state index in [0.29, 0.717) is 11.4 Å². The second kappa shape index (κ2) is 5.06. The van der Waals surface area contributed by atoms with Gasteiger partial charge in [-0.2, -0.15) is 0 Å². The molecule has 5 heteroatoms. The summed E-state index contributed by atoms with van der Waals surface area (Å²) in [6.07, 6.45) is 1.31. The smallest absolute Gasteiger partial charge is 0.202 e. The Morgan fingerprint density at radius 3 is 2.37 bits per heavy atom. The summed E-state index contributed by atoms with van der Waals surface area (Å²) >= 11 is 0. The fourth-order valence-corrected chi connectivity index (χ4v) is 1.77. The quantitative estimate of drug-likeness (QED) is 0.871. The summed E-state index contributed by atoms with van der Waals surface area (Å²) in [5, 5.41) is 9.17. The van der Waals surface area contributed by atoms with Crippen molar-refractivity contribution in [2.24, 2.45) is 4.99 Å². The number of phenolic OH excluding ortho intramolecular Hbond substituents is 1. The van der Waals surface area contributed by atoms with Gasteiger partial charge in [-0.3, -0.25) is 9.59 Å². The predicted octanol–water partition coefficient (Wildman–Crippen LogP) is 1.45. The molecule has 0 saturated carbocycles. The lowest BCUT2D eigenvalue weighted by Gasteiger charge is -2.19. The summed E-state index contributed by atoms with van der Waals surface area (Å²) in [5.74, 6) is -0.247. The zero-order chi connectivity index (χ0) is 14.0. The van der Waals surface area contributed by atoms with E-state index in [-0.39, 0.29) is 29.4 Å². The highest BCUT2D eigenvalue weighted by molar-refractivity contribution is 6.50. The first-order valence-corrected chi connectivity index (χ1v) is 5.80. The molecule has 19 heavy (non-hydrogen) atoms. The average Bonchev–Trinajstić information content (AvgIpc) is 2.35. The second-order valence-electron chi connectivity index (χ2n) is 4.46. The van der Waals surface area contributed by atoms with Crippen LogP contribution in [0.5, 0.6) is 5.75 Å². The van der Waals surface area contributed by atoms with Gasteiger partial charge in [0.15, 0.2) is 5.78 Å². The predicted molar refractivity (Wildman–Crippen MR) is 71.6 cm³/mol. The van der Waals surface area contributed by atoms with Crippen molar-refractivity contribution < 1.29 is 14.7 Å². The molecule has 0 bridgehead atoms. The Kier molecular flexibility index (Phi) is 3.46. The number of carbonyl (C=O) groups is 2. The van der Waals surface area contributed by atoms with Crippen LogP contribution in [0.15, 0.2) is 41.0 Å². The van der Waals surface area contributed by atoms with E-state index >= 15 is 0 Å². The Balaban J connectivity index is 2.31. The molecule has 2 rings (SSSR count). The van der Waals surface area contributed by atoms with Gasteiger partial charge in [-0.1, -0.05) is 0 Å².